The van der Waals surface area contributed by atoms with Crippen molar-refractivity contribution in [3.05, 3.63) is 78.6 Å². The molecule has 7 heteroatoms. The highest BCUT2D eigenvalue weighted by molar-refractivity contribution is 8.00. The van der Waals surface area contributed by atoms with Gasteiger partial charge in [-0.1, -0.05) is 42.1 Å². The lowest BCUT2D eigenvalue weighted by Crippen LogP contribution is -2.34. The molecule has 2 aromatic carbocycles. The summed E-state index contributed by atoms with van der Waals surface area (Å²) >= 11 is 1.43. The van der Waals surface area contributed by atoms with Crippen molar-refractivity contribution < 1.29 is 9.53 Å². The standard InChI is InChI=1S/C26H28N4O2S/c1-3-32-22-13-11-21(12-14-22)23-17-24-26(27-15-16-30(24)29-23)33-18-25(31)28-19(2)9-10-20-7-5-4-6-8-20/h4-8,11-17,19H,3,9-10,18H2,1-2H3,(H,28,31)/t19-/m1/s1. The van der Waals surface area contributed by atoms with Gasteiger partial charge in [-0.25, -0.2) is 9.50 Å². The van der Waals surface area contributed by atoms with Gasteiger partial charge in [0.1, 0.15) is 10.8 Å². The van der Waals surface area contributed by atoms with Gasteiger partial charge in [-0.2, -0.15) is 5.10 Å². The molecule has 0 unspecified atom stereocenters. The predicted molar refractivity (Wildman–Crippen MR) is 133 cm³/mol. The van der Waals surface area contributed by atoms with Crippen LogP contribution in [0.4, 0.5) is 0 Å². The van der Waals surface area contributed by atoms with Gasteiger partial charge in [0.05, 0.1) is 23.6 Å². The maximum Gasteiger partial charge on any atom is 0.230 e. The normalized spacial score (nSPS) is 11.9. The van der Waals surface area contributed by atoms with Crippen LogP contribution in [-0.4, -0.2) is 38.9 Å². The van der Waals surface area contributed by atoms with Gasteiger partial charge < -0.3 is 10.1 Å². The van der Waals surface area contributed by atoms with E-state index in [9.17, 15) is 4.79 Å². The second kappa shape index (κ2) is 11.0. The summed E-state index contributed by atoms with van der Waals surface area (Å²) in [5, 5.41) is 8.55. The Hall–Kier alpha value is -3.32. The molecule has 0 aliphatic carbocycles. The number of rotatable bonds is 10. The zero-order valence-electron chi connectivity index (χ0n) is 18.9. The first-order valence-corrected chi connectivity index (χ1v) is 12.1. The Morgan fingerprint density at radius 3 is 2.70 bits per heavy atom. The zero-order chi connectivity index (χ0) is 23.0. The molecule has 0 bridgehead atoms. The molecule has 1 N–H and O–H groups in total. The second-order valence-electron chi connectivity index (χ2n) is 7.83. The first-order chi connectivity index (χ1) is 16.1. The van der Waals surface area contributed by atoms with Crippen molar-refractivity contribution in [3.63, 3.8) is 0 Å². The van der Waals surface area contributed by atoms with Crippen LogP contribution in [0.15, 0.2) is 78.1 Å². The molecule has 1 amide bonds. The number of carbonyl (C=O) groups is 1. The number of thioether (sulfide) groups is 1. The molecule has 2 aromatic heterocycles. The van der Waals surface area contributed by atoms with Gasteiger partial charge >= 0.3 is 0 Å². The summed E-state index contributed by atoms with van der Waals surface area (Å²) in [6.07, 6.45) is 5.39. The molecule has 0 fully saturated rings. The lowest BCUT2D eigenvalue weighted by molar-refractivity contribution is -0.119. The third-order valence-corrected chi connectivity index (χ3v) is 6.27. The third kappa shape index (κ3) is 6.14. The number of benzene rings is 2. The smallest absolute Gasteiger partial charge is 0.230 e. The number of hydrogen-bond donors (Lipinski definition) is 1. The molecule has 4 rings (SSSR count). The monoisotopic (exact) mass is 460 g/mol. The van der Waals surface area contributed by atoms with E-state index in [1.54, 1.807) is 6.20 Å². The number of hydrogen-bond acceptors (Lipinski definition) is 5. The summed E-state index contributed by atoms with van der Waals surface area (Å²) in [7, 11) is 0. The molecule has 0 saturated heterocycles. The fourth-order valence-electron chi connectivity index (χ4n) is 3.59. The average Bonchev–Trinajstić information content (AvgIpc) is 3.28. The van der Waals surface area contributed by atoms with Crippen LogP contribution in [0.3, 0.4) is 0 Å². The molecular weight excluding hydrogens is 432 g/mol. The van der Waals surface area contributed by atoms with Crippen LogP contribution in [0, 0.1) is 0 Å². The molecule has 0 spiro atoms. The van der Waals surface area contributed by atoms with E-state index in [4.69, 9.17) is 4.74 Å². The Balaban J connectivity index is 1.35. The highest BCUT2D eigenvalue weighted by atomic mass is 32.2. The van der Waals surface area contributed by atoms with Crippen molar-refractivity contribution in [2.75, 3.05) is 12.4 Å². The van der Waals surface area contributed by atoms with Gasteiger partial charge in [-0.05, 0) is 62.6 Å². The number of aryl methyl sites for hydroxylation is 1. The number of carbonyl (C=O) groups excluding carboxylic acids is 1. The molecule has 33 heavy (non-hydrogen) atoms. The van der Waals surface area contributed by atoms with Gasteiger partial charge in [-0.15, -0.1) is 0 Å². The topological polar surface area (TPSA) is 68.5 Å². The van der Waals surface area contributed by atoms with Crippen LogP contribution >= 0.6 is 11.8 Å². The molecule has 6 nitrogen and oxygen atoms in total. The van der Waals surface area contributed by atoms with Gasteiger partial charge in [0.2, 0.25) is 5.91 Å². The summed E-state index contributed by atoms with van der Waals surface area (Å²) in [4.78, 5) is 17.0. The van der Waals surface area contributed by atoms with Crippen LogP contribution in [0.5, 0.6) is 5.75 Å². The van der Waals surface area contributed by atoms with Crippen LogP contribution in [0.1, 0.15) is 25.8 Å². The largest absolute Gasteiger partial charge is 0.494 e. The number of fused-ring (bicyclic) bond motifs is 1. The number of nitrogens with one attached hydrogen (secondary N) is 1. The van der Waals surface area contributed by atoms with E-state index in [0.717, 1.165) is 40.4 Å². The van der Waals surface area contributed by atoms with E-state index in [0.29, 0.717) is 12.4 Å². The number of ether oxygens (including phenoxy) is 1. The second-order valence-corrected chi connectivity index (χ2v) is 8.79. The molecule has 2 heterocycles. The van der Waals surface area contributed by atoms with Crippen molar-refractivity contribution >= 4 is 23.2 Å². The van der Waals surface area contributed by atoms with Gasteiger partial charge in [-0.3, -0.25) is 4.79 Å². The minimum absolute atomic E-state index is 0.00983. The number of aromatic nitrogens is 3. The average molecular weight is 461 g/mol. The van der Waals surface area contributed by atoms with E-state index < -0.39 is 0 Å². The quantitative estimate of drug-likeness (QED) is 0.336. The summed E-state index contributed by atoms with van der Waals surface area (Å²) < 4.78 is 7.32. The van der Waals surface area contributed by atoms with Crippen LogP contribution in [0.25, 0.3) is 16.8 Å². The molecule has 1 atom stereocenters. The molecule has 0 radical (unpaired) electrons. The van der Waals surface area contributed by atoms with Crippen molar-refractivity contribution in [2.45, 2.75) is 37.8 Å². The first kappa shape index (κ1) is 22.9. The maximum absolute atomic E-state index is 12.5. The molecule has 170 valence electrons. The Labute approximate surface area is 198 Å². The van der Waals surface area contributed by atoms with Crippen LogP contribution in [-0.2, 0) is 11.2 Å². The van der Waals surface area contributed by atoms with Crippen molar-refractivity contribution in [1.29, 1.82) is 0 Å². The lowest BCUT2D eigenvalue weighted by atomic mass is 10.1. The SMILES string of the molecule is CCOc1ccc(-c2cc3c(SCC(=O)N[C@H](C)CCc4ccccc4)nccn3n2)cc1. The van der Waals surface area contributed by atoms with Crippen molar-refractivity contribution in [3.8, 4) is 17.0 Å². The lowest BCUT2D eigenvalue weighted by Gasteiger charge is -2.13. The van der Waals surface area contributed by atoms with Crippen LogP contribution < -0.4 is 10.1 Å². The number of nitrogens with zero attached hydrogens (tertiary/aromatic N) is 3. The third-order valence-electron chi connectivity index (χ3n) is 5.27. The van der Waals surface area contributed by atoms with E-state index in [2.05, 4.69) is 27.5 Å². The highest BCUT2D eigenvalue weighted by Crippen LogP contribution is 2.27. The van der Waals surface area contributed by atoms with E-state index in [1.807, 2.05) is 73.1 Å². The molecule has 0 aliphatic heterocycles. The maximum atomic E-state index is 12.5. The van der Waals surface area contributed by atoms with Crippen molar-refractivity contribution in [1.82, 2.24) is 19.9 Å². The molecule has 0 aliphatic rings. The summed E-state index contributed by atoms with van der Waals surface area (Å²) in [6.45, 7) is 4.65. The fourth-order valence-corrected chi connectivity index (χ4v) is 4.38. The summed E-state index contributed by atoms with van der Waals surface area (Å²) in [5.41, 5.74) is 4.03. The summed E-state index contributed by atoms with van der Waals surface area (Å²) in [6, 6.07) is 20.3. The minimum Gasteiger partial charge on any atom is -0.494 e. The van der Waals surface area contributed by atoms with E-state index in [1.165, 1.54) is 17.3 Å². The first-order valence-electron chi connectivity index (χ1n) is 11.2. The number of amides is 1. The molecular formula is C26H28N4O2S. The Morgan fingerprint density at radius 2 is 1.94 bits per heavy atom. The summed E-state index contributed by atoms with van der Waals surface area (Å²) in [5.74, 6) is 1.16. The zero-order valence-corrected chi connectivity index (χ0v) is 19.7. The van der Waals surface area contributed by atoms with Gasteiger partial charge in [0.25, 0.3) is 0 Å². The Morgan fingerprint density at radius 1 is 1.15 bits per heavy atom. The fraction of sp³-hybridized carbons (Fsp3) is 0.269. The Kier molecular flexibility index (Phi) is 7.62. The highest BCUT2D eigenvalue weighted by Gasteiger charge is 2.13. The van der Waals surface area contributed by atoms with E-state index in [-0.39, 0.29) is 11.9 Å². The molecule has 0 saturated carbocycles. The van der Waals surface area contributed by atoms with Gasteiger partial charge in [0.15, 0.2) is 0 Å². The van der Waals surface area contributed by atoms with E-state index >= 15 is 0 Å². The predicted octanol–water partition coefficient (Wildman–Crippen LogP) is 5.02. The van der Waals surface area contributed by atoms with Crippen LogP contribution in [0.2, 0.25) is 0 Å². The Bertz CT molecular complexity index is 1190. The minimum atomic E-state index is 0.00983. The van der Waals surface area contributed by atoms with Gasteiger partial charge in [0, 0.05) is 24.0 Å². The van der Waals surface area contributed by atoms with Crippen molar-refractivity contribution in [2.24, 2.45) is 0 Å². The molecule has 4 aromatic rings.